The summed E-state index contributed by atoms with van der Waals surface area (Å²) in [5.74, 6) is 1.13. The van der Waals surface area contributed by atoms with E-state index in [1.54, 1.807) is 0 Å². The summed E-state index contributed by atoms with van der Waals surface area (Å²) in [7, 11) is 0. The van der Waals surface area contributed by atoms with Crippen molar-refractivity contribution in [3.05, 3.63) is 59.7 Å². The molecule has 1 heterocycles. The van der Waals surface area contributed by atoms with Crippen molar-refractivity contribution in [3.63, 3.8) is 0 Å². The van der Waals surface area contributed by atoms with Crippen LogP contribution in [-0.4, -0.2) is 10.9 Å². The Bertz CT molecular complexity index is 655. The molecule has 2 N–H and O–H groups in total. The molecule has 3 rings (SSSR count). The molecule has 0 radical (unpaired) electrons. The SMILES string of the molecule is Cc1cccc(NC(=S)N[C@H]2CCSc3ccccc32)c1. The number of anilines is 1. The van der Waals surface area contributed by atoms with Gasteiger partial charge in [0.2, 0.25) is 0 Å². The molecule has 0 unspecified atom stereocenters. The first kappa shape index (κ1) is 14.4. The molecule has 1 aliphatic heterocycles. The van der Waals surface area contributed by atoms with Gasteiger partial charge in [-0.25, -0.2) is 0 Å². The number of hydrogen-bond acceptors (Lipinski definition) is 2. The quantitative estimate of drug-likeness (QED) is 0.796. The fourth-order valence-corrected chi connectivity index (χ4v) is 3.93. The van der Waals surface area contributed by atoms with E-state index in [1.807, 2.05) is 23.9 Å². The predicted octanol–water partition coefficient (Wildman–Crippen LogP) is 4.52. The first-order chi connectivity index (χ1) is 10.2. The van der Waals surface area contributed by atoms with Crippen molar-refractivity contribution >= 4 is 34.8 Å². The summed E-state index contributed by atoms with van der Waals surface area (Å²) in [5, 5.41) is 7.41. The van der Waals surface area contributed by atoms with Crippen LogP contribution in [0.3, 0.4) is 0 Å². The van der Waals surface area contributed by atoms with Gasteiger partial charge < -0.3 is 10.6 Å². The smallest absolute Gasteiger partial charge is 0.171 e. The fraction of sp³-hybridized carbons (Fsp3) is 0.235. The highest BCUT2D eigenvalue weighted by atomic mass is 32.2. The lowest BCUT2D eigenvalue weighted by atomic mass is 10.0. The van der Waals surface area contributed by atoms with Crippen LogP contribution in [0, 0.1) is 6.92 Å². The van der Waals surface area contributed by atoms with Gasteiger partial charge in [-0.2, -0.15) is 0 Å². The van der Waals surface area contributed by atoms with Crippen LogP contribution in [0.1, 0.15) is 23.6 Å². The van der Waals surface area contributed by atoms with Gasteiger partial charge in [-0.1, -0.05) is 30.3 Å². The zero-order chi connectivity index (χ0) is 14.7. The lowest BCUT2D eigenvalue weighted by molar-refractivity contribution is 0.614. The number of thiocarbonyl (C=S) groups is 1. The van der Waals surface area contributed by atoms with Gasteiger partial charge in [0.25, 0.3) is 0 Å². The minimum Gasteiger partial charge on any atom is -0.356 e. The maximum atomic E-state index is 5.46. The van der Waals surface area contributed by atoms with E-state index in [-0.39, 0.29) is 0 Å². The number of benzene rings is 2. The Hall–Kier alpha value is -1.52. The Morgan fingerprint density at radius 2 is 2.05 bits per heavy atom. The molecule has 4 heteroatoms. The summed E-state index contributed by atoms with van der Waals surface area (Å²) in [6.45, 7) is 2.08. The number of hydrogen-bond donors (Lipinski definition) is 2. The van der Waals surface area contributed by atoms with Crippen LogP contribution < -0.4 is 10.6 Å². The van der Waals surface area contributed by atoms with Crippen molar-refractivity contribution in [3.8, 4) is 0 Å². The normalized spacial score (nSPS) is 16.9. The molecule has 0 saturated carbocycles. The third-order valence-corrected chi connectivity index (χ3v) is 4.88. The summed E-state index contributed by atoms with van der Waals surface area (Å²) in [5.41, 5.74) is 3.61. The number of rotatable bonds is 2. The third-order valence-electron chi connectivity index (χ3n) is 3.54. The average Bonchev–Trinajstić information content (AvgIpc) is 2.47. The Morgan fingerprint density at radius 3 is 2.90 bits per heavy atom. The monoisotopic (exact) mass is 314 g/mol. The fourth-order valence-electron chi connectivity index (χ4n) is 2.54. The van der Waals surface area contributed by atoms with Crippen molar-refractivity contribution in [1.29, 1.82) is 0 Å². The Balaban J connectivity index is 1.68. The minimum absolute atomic E-state index is 0.298. The molecule has 108 valence electrons. The van der Waals surface area contributed by atoms with Gasteiger partial charge in [0.15, 0.2) is 5.11 Å². The van der Waals surface area contributed by atoms with E-state index in [9.17, 15) is 0 Å². The zero-order valence-corrected chi connectivity index (χ0v) is 13.6. The van der Waals surface area contributed by atoms with Crippen molar-refractivity contribution in [2.45, 2.75) is 24.3 Å². The predicted molar refractivity (Wildman–Crippen MR) is 95.1 cm³/mol. The van der Waals surface area contributed by atoms with E-state index in [0.717, 1.165) is 17.9 Å². The zero-order valence-electron chi connectivity index (χ0n) is 11.9. The average molecular weight is 314 g/mol. The molecule has 21 heavy (non-hydrogen) atoms. The second-order valence-electron chi connectivity index (χ2n) is 5.20. The van der Waals surface area contributed by atoms with E-state index in [2.05, 4.69) is 54.0 Å². The van der Waals surface area contributed by atoms with Crippen LogP contribution in [0.15, 0.2) is 53.4 Å². The number of nitrogens with one attached hydrogen (secondary N) is 2. The van der Waals surface area contributed by atoms with Crippen molar-refractivity contribution in [1.82, 2.24) is 5.32 Å². The lowest BCUT2D eigenvalue weighted by Gasteiger charge is -2.27. The highest BCUT2D eigenvalue weighted by molar-refractivity contribution is 7.99. The van der Waals surface area contributed by atoms with Crippen molar-refractivity contribution in [2.24, 2.45) is 0 Å². The molecule has 0 spiro atoms. The van der Waals surface area contributed by atoms with E-state index >= 15 is 0 Å². The summed E-state index contributed by atoms with van der Waals surface area (Å²) in [6.07, 6.45) is 1.09. The highest BCUT2D eigenvalue weighted by Crippen LogP contribution is 2.35. The van der Waals surface area contributed by atoms with E-state index < -0.39 is 0 Å². The van der Waals surface area contributed by atoms with Gasteiger partial charge in [-0.15, -0.1) is 11.8 Å². The van der Waals surface area contributed by atoms with Crippen LogP contribution in [0.4, 0.5) is 5.69 Å². The van der Waals surface area contributed by atoms with Crippen LogP contribution in [0.5, 0.6) is 0 Å². The van der Waals surface area contributed by atoms with E-state index in [1.165, 1.54) is 16.0 Å². The molecular weight excluding hydrogens is 296 g/mol. The van der Waals surface area contributed by atoms with Gasteiger partial charge in [-0.05, 0) is 54.9 Å². The van der Waals surface area contributed by atoms with Crippen molar-refractivity contribution in [2.75, 3.05) is 11.1 Å². The number of aryl methyl sites for hydroxylation is 1. The minimum atomic E-state index is 0.298. The second kappa shape index (κ2) is 6.50. The Morgan fingerprint density at radius 1 is 1.19 bits per heavy atom. The maximum Gasteiger partial charge on any atom is 0.171 e. The van der Waals surface area contributed by atoms with Gasteiger partial charge in [0.1, 0.15) is 0 Å². The summed E-state index contributed by atoms with van der Waals surface area (Å²) in [4.78, 5) is 1.36. The molecule has 2 aromatic carbocycles. The summed E-state index contributed by atoms with van der Waals surface area (Å²) < 4.78 is 0. The Kier molecular flexibility index (Phi) is 4.46. The van der Waals surface area contributed by atoms with Gasteiger partial charge >= 0.3 is 0 Å². The Labute approximate surface area is 135 Å². The molecule has 1 aliphatic rings. The molecular formula is C17H18N2S2. The molecule has 2 nitrogen and oxygen atoms in total. The van der Waals surface area contributed by atoms with Crippen molar-refractivity contribution < 1.29 is 0 Å². The lowest BCUT2D eigenvalue weighted by Crippen LogP contribution is -2.33. The molecule has 1 atom stereocenters. The molecule has 0 fully saturated rings. The van der Waals surface area contributed by atoms with Crippen LogP contribution in [-0.2, 0) is 0 Å². The molecule has 0 aromatic heterocycles. The first-order valence-corrected chi connectivity index (χ1v) is 8.48. The standard InChI is InChI=1S/C17H18N2S2/c1-12-5-4-6-13(11-12)18-17(20)19-15-9-10-21-16-8-3-2-7-14(15)16/h2-8,11,15H,9-10H2,1H3,(H2,18,19,20)/t15-/m0/s1. The second-order valence-corrected chi connectivity index (χ2v) is 6.74. The molecule has 0 amide bonds. The molecule has 0 saturated heterocycles. The largest absolute Gasteiger partial charge is 0.356 e. The molecule has 0 aliphatic carbocycles. The summed E-state index contributed by atoms with van der Waals surface area (Å²) in [6, 6.07) is 17.1. The molecule has 2 aromatic rings. The van der Waals surface area contributed by atoms with Crippen LogP contribution >= 0.6 is 24.0 Å². The third kappa shape index (κ3) is 3.57. The number of thioether (sulfide) groups is 1. The maximum absolute atomic E-state index is 5.46. The summed E-state index contributed by atoms with van der Waals surface area (Å²) >= 11 is 7.38. The highest BCUT2D eigenvalue weighted by Gasteiger charge is 2.20. The van der Waals surface area contributed by atoms with E-state index in [0.29, 0.717) is 11.2 Å². The van der Waals surface area contributed by atoms with Crippen LogP contribution in [0.2, 0.25) is 0 Å². The first-order valence-electron chi connectivity index (χ1n) is 7.08. The number of fused-ring (bicyclic) bond motifs is 1. The van der Waals surface area contributed by atoms with Gasteiger partial charge in [0, 0.05) is 16.3 Å². The molecule has 0 bridgehead atoms. The van der Waals surface area contributed by atoms with Crippen LogP contribution in [0.25, 0.3) is 0 Å². The van der Waals surface area contributed by atoms with E-state index in [4.69, 9.17) is 12.2 Å². The van der Waals surface area contributed by atoms with Gasteiger partial charge in [0.05, 0.1) is 6.04 Å². The topological polar surface area (TPSA) is 24.1 Å². The van der Waals surface area contributed by atoms with Gasteiger partial charge in [-0.3, -0.25) is 0 Å².